The lowest BCUT2D eigenvalue weighted by Crippen LogP contribution is -2.25. The van der Waals surface area contributed by atoms with Gasteiger partial charge in [0.15, 0.2) is 5.78 Å². The van der Waals surface area contributed by atoms with E-state index in [2.05, 4.69) is 10.1 Å². The van der Waals surface area contributed by atoms with Crippen LogP contribution in [0.3, 0.4) is 0 Å². The van der Waals surface area contributed by atoms with Gasteiger partial charge in [-0.05, 0) is 54.4 Å². The number of carbonyl (C=O) groups excluding carboxylic acids is 2. The fourth-order valence-electron chi connectivity index (χ4n) is 3.75. The first-order valence-electron chi connectivity index (χ1n) is 11.6. The summed E-state index contributed by atoms with van der Waals surface area (Å²) in [7, 11) is 0. The number of aryl methyl sites for hydroxylation is 1. The number of nitrogens with zero attached hydrogens (tertiary/aromatic N) is 4. The Bertz CT molecular complexity index is 1680. The topological polar surface area (TPSA) is 106 Å². The molecule has 0 saturated carbocycles. The van der Waals surface area contributed by atoms with Gasteiger partial charge in [0.05, 0.1) is 21.4 Å². The maximum Gasteiger partial charge on any atom is 0.280 e. The fraction of sp³-hybridized carbons (Fsp3) is 0.0345. The Hall–Kier alpha value is -5.02. The van der Waals surface area contributed by atoms with Gasteiger partial charge < -0.3 is 0 Å². The summed E-state index contributed by atoms with van der Waals surface area (Å²) in [6.07, 6.45) is 1.45. The predicted molar refractivity (Wildman–Crippen MR) is 148 cm³/mol. The van der Waals surface area contributed by atoms with Crippen LogP contribution in [0.4, 0.5) is 10.8 Å². The molecule has 0 fully saturated rings. The van der Waals surface area contributed by atoms with E-state index in [1.54, 1.807) is 60.7 Å². The van der Waals surface area contributed by atoms with Gasteiger partial charge in [0, 0.05) is 28.8 Å². The van der Waals surface area contributed by atoms with Crippen LogP contribution in [-0.2, 0) is 0 Å². The van der Waals surface area contributed by atoms with Gasteiger partial charge in [0.2, 0.25) is 5.13 Å². The zero-order valence-corrected chi connectivity index (χ0v) is 21.0. The normalized spacial score (nSPS) is 11.1. The van der Waals surface area contributed by atoms with Crippen molar-refractivity contribution in [2.24, 2.45) is 5.10 Å². The quantitative estimate of drug-likeness (QED) is 0.106. The van der Waals surface area contributed by atoms with Gasteiger partial charge in [-0.3, -0.25) is 19.7 Å². The van der Waals surface area contributed by atoms with Crippen LogP contribution >= 0.6 is 11.3 Å². The largest absolute Gasteiger partial charge is 0.289 e. The molecule has 0 spiro atoms. The van der Waals surface area contributed by atoms with E-state index in [1.165, 1.54) is 34.7 Å². The standard InChI is InChI=1S/C29H20N4O4S/c1-19-7-16-25-26(17-19)38-29(31-25)32(30-18-20-8-14-24(15-9-20)33(36)37)28(35)23-12-10-22(11-13-23)27(34)21-5-3-2-4-6-21/h2-18H,1H3/b30-18+. The molecule has 0 bridgehead atoms. The van der Waals surface area contributed by atoms with E-state index in [0.717, 1.165) is 15.8 Å². The highest BCUT2D eigenvalue weighted by atomic mass is 32.1. The summed E-state index contributed by atoms with van der Waals surface area (Å²) in [5.74, 6) is -0.572. The molecule has 9 heteroatoms. The van der Waals surface area contributed by atoms with E-state index in [0.29, 0.717) is 27.4 Å². The molecule has 0 aliphatic heterocycles. The summed E-state index contributed by atoms with van der Waals surface area (Å²) in [5, 5.41) is 16.9. The molecule has 4 aromatic carbocycles. The van der Waals surface area contributed by atoms with Gasteiger partial charge in [0.1, 0.15) is 0 Å². The number of hydrazone groups is 1. The second-order valence-corrected chi connectivity index (χ2v) is 9.46. The minimum atomic E-state index is -0.480. The van der Waals surface area contributed by atoms with E-state index in [1.807, 2.05) is 31.2 Å². The Labute approximate surface area is 221 Å². The molecule has 0 atom stereocenters. The van der Waals surface area contributed by atoms with Gasteiger partial charge in [-0.15, -0.1) is 0 Å². The Morgan fingerprint density at radius 1 is 0.895 bits per heavy atom. The van der Waals surface area contributed by atoms with Crippen LogP contribution < -0.4 is 5.01 Å². The molecule has 0 saturated heterocycles. The number of nitro groups is 1. The van der Waals surface area contributed by atoms with E-state index in [-0.39, 0.29) is 11.5 Å². The minimum absolute atomic E-state index is 0.0400. The number of thiazole rings is 1. The van der Waals surface area contributed by atoms with Crippen molar-refractivity contribution in [1.82, 2.24) is 4.98 Å². The SMILES string of the molecule is Cc1ccc2nc(N(/N=C/c3ccc([N+](=O)[O-])cc3)C(=O)c3ccc(C(=O)c4ccccc4)cc3)sc2c1. The number of nitro benzene ring substituents is 1. The van der Waals surface area contributed by atoms with Crippen LogP contribution in [0.2, 0.25) is 0 Å². The molecule has 186 valence electrons. The molecular formula is C29H20N4O4S. The molecule has 0 unspecified atom stereocenters. The van der Waals surface area contributed by atoms with Gasteiger partial charge in [-0.1, -0.05) is 59.9 Å². The summed E-state index contributed by atoms with van der Waals surface area (Å²) in [4.78, 5) is 41.5. The minimum Gasteiger partial charge on any atom is -0.289 e. The van der Waals surface area contributed by atoms with Crippen molar-refractivity contribution < 1.29 is 14.5 Å². The Balaban J connectivity index is 1.48. The summed E-state index contributed by atoms with van der Waals surface area (Å²) in [5.41, 5.74) is 3.69. The summed E-state index contributed by atoms with van der Waals surface area (Å²) in [6.45, 7) is 1.98. The average molecular weight is 521 g/mol. The maximum absolute atomic E-state index is 13.6. The van der Waals surface area contributed by atoms with Gasteiger partial charge >= 0.3 is 0 Å². The zero-order valence-electron chi connectivity index (χ0n) is 20.1. The first-order chi connectivity index (χ1) is 18.4. The van der Waals surface area contributed by atoms with Crippen molar-refractivity contribution in [3.63, 3.8) is 0 Å². The molecule has 0 aliphatic carbocycles. The van der Waals surface area contributed by atoms with Crippen LogP contribution in [0.25, 0.3) is 10.2 Å². The number of carbonyl (C=O) groups is 2. The van der Waals surface area contributed by atoms with Crippen molar-refractivity contribution in [2.75, 3.05) is 5.01 Å². The molecule has 0 aliphatic rings. The van der Waals surface area contributed by atoms with Crippen molar-refractivity contribution in [1.29, 1.82) is 0 Å². The number of hydrogen-bond acceptors (Lipinski definition) is 7. The fourth-order valence-corrected chi connectivity index (χ4v) is 4.77. The van der Waals surface area contributed by atoms with Gasteiger partial charge in [0.25, 0.3) is 11.6 Å². The third-order valence-corrected chi connectivity index (χ3v) is 6.76. The average Bonchev–Trinajstić information content (AvgIpc) is 3.36. The first kappa shape index (κ1) is 24.7. The number of fused-ring (bicyclic) bond motifs is 1. The lowest BCUT2D eigenvalue weighted by atomic mass is 10.0. The monoisotopic (exact) mass is 520 g/mol. The predicted octanol–water partition coefficient (Wildman–Crippen LogP) is 6.42. The van der Waals surface area contributed by atoms with Crippen molar-refractivity contribution in [3.05, 3.63) is 135 Å². The van der Waals surface area contributed by atoms with Crippen LogP contribution in [0.15, 0.2) is 102 Å². The molecule has 38 heavy (non-hydrogen) atoms. The molecule has 5 aromatic rings. The van der Waals surface area contributed by atoms with Crippen LogP contribution in [0.1, 0.15) is 37.4 Å². The number of anilines is 1. The molecule has 0 radical (unpaired) electrons. The van der Waals surface area contributed by atoms with Crippen molar-refractivity contribution in [3.8, 4) is 0 Å². The Morgan fingerprint density at radius 2 is 1.55 bits per heavy atom. The molecule has 5 rings (SSSR count). The van der Waals surface area contributed by atoms with Crippen LogP contribution in [0.5, 0.6) is 0 Å². The van der Waals surface area contributed by atoms with Crippen molar-refractivity contribution in [2.45, 2.75) is 6.92 Å². The molecule has 1 heterocycles. The number of benzene rings is 4. The van der Waals surface area contributed by atoms with E-state index >= 15 is 0 Å². The zero-order chi connectivity index (χ0) is 26.6. The number of rotatable bonds is 7. The second-order valence-electron chi connectivity index (χ2n) is 8.45. The number of ketones is 1. The van der Waals surface area contributed by atoms with Gasteiger partial charge in [-0.2, -0.15) is 10.1 Å². The smallest absolute Gasteiger partial charge is 0.280 e. The summed E-state index contributed by atoms with van der Waals surface area (Å²) in [6, 6.07) is 27.0. The third kappa shape index (κ3) is 5.23. The summed E-state index contributed by atoms with van der Waals surface area (Å²) < 4.78 is 0.909. The van der Waals surface area contributed by atoms with E-state index in [4.69, 9.17) is 0 Å². The van der Waals surface area contributed by atoms with Crippen molar-refractivity contribution >= 4 is 50.3 Å². The number of amides is 1. The number of non-ortho nitro benzene ring substituents is 1. The summed E-state index contributed by atoms with van der Waals surface area (Å²) >= 11 is 1.33. The Morgan fingerprint density at radius 3 is 2.24 bits per heavy atom. The van der Waals surface area contributed by atoms with E-state index in [9.17, 15) is 19.7 Å². The highest BCUT2D eigenvalue weighted by Crippen LogP contribution is 2.31. The van der Waals surface area contributed by atoms with Crippen LogP contribution in [-0.4, -0.2) is 27.8 Å². The lowest BCUT2D eigenvalue weighted by molar-refractivity contribution is -0.384. The molecule has 0 N–H and O–H groups in total. The molecule has 1 amide bonds. The van der Waals surface area contributed by atoms with E-state index < -0.39 is 10.8 Å². The molecule has 8 nitrogen and oxygen atoms in total. The first-order valence-corrected chi connectivity index (χ1v) is 12.4. The molecular weight excluding hydrogens is 500 g/mol. The Kier molecular flexibility index (Phi) is 6.84. The molecule has 1 aromatic heterocycles. The highest BCUT2D eigenvalue weighted by Gasteiger charge is 2.22. The van der Waals surface area contributed by atoms with Crippen LogP contribution in [0, 0.1) is 17.0 Å². The van der Waals surface area contributed by atoms with Gasteiger partial charge in [-0.25, -0.2) is 4.98 Å². The second kappa shape index (κ2) is 10.5. The third-order valence-electron chi connectivity index (χ3n) is 5.76. The number of hydrogen-bond donors (Lipinski definition) is 0. The lowest BCUT2D eigenvalue weighted by Gasteiger charge is -2.14. The number of aromatic nitrogens is 1. The highest BCUT2D eigenvalue weighted by molar-refractivity contribution is 7.22. The maximum atomic E-state index is 13.6.